The Hall–Kier alpha value is -3.06. The number of rotatable bonds is 6. The van der Waals surface area contributed by atoms with Crippen LogP contribution in [0.4, 0.5) is 10.8 Å². The topological polar surface area (TPSA) is 63.7 Å². The fourth-order valence-corrected chi connectivity index (χ4v) is 5.00. The second-order valence-electron chi connectivity index (χ2n) is 7.55. The zero-order chi connectivity index (χ0) is 20.7. The first-order chi connectivity index (χ1) is 14.7. The molecule has 0 atom stereocenters. The average molecular weight is 422 g/mol. The monoisotopic (exact) mass is 421 g/mol. The van der Waals surface area contributed by atoms with Crippen molar-refractivity contribution in [1.29, 1.82) is 0 Å². The molecule has 6 nitrogen and oxygen atoms in total. The first-order valence-electron chi connectivity index (χ1n) is 10.0. The number of aromatic nitrogens is 1. The van der Waals surface area contributed by atoms with Crippen LogP contribution in [-0.4, -0.2) is 31.7 Å². The van der Waals surface area contributed by atoms with E-state index in [1.54, 1.807) is 25.6 Å². The number of amides is 1. The number of nitrogens with one attached hydrogen (secondary N) is 1. The Balaban J connectivity index is 1.34. The summed E-state index contributed by atoms with van der Waals surface area (Å²) < 4.78 is 10.7. The Morgan fingerprint density at radius 3 is 2.80 bits per heavy atom. The van der Waals surface area contributed by atoms with E-state index in [1.165, 1.54) is 5.56 Å². The third-order valence-electron chi connectivity index (χ3n) is 5.70. The van der Waals surface area contributed by atoms with Crippen molar-refractivity contribution in [3.05, 3.63) is 52.4 Å². The van der Waals surface area contributed by atoms with Gasteiger partial charge >= 0.3 is 0 Å². The maximum absolute atomic E-state index is 12.3. The first-order valence-corrected chi connectivity index (χ1v) is 10.9. The second-order valence-corrected chi connectivity index (χ2v) is 8.41. The van der Waals surface area contributed by atoms with Crippen molar-refractivity contribution in [2.75, 3.05) is 31.0 Å². The molecule has 1 aromatic heterocycles. The van der Waals surface area contributed by atoms with E-state index >= 15 is 0 Å². The number of ether oxygens (including phenoxy) is 2. The standard InChI is InChI=1S/C23H23N3O3S/c1-28-19-6-5-14(8-20(19)29-2)12-24-23-25-18(13-30-23)16-9-15-4-3-7-26-21(27)11-17(10-16)22(15)26/h5-6,8-10,13H,3-4,7,11-12H2,1-2H3,(H,24,25). The van der Waals surface area contributed by atoms with Crippen LogP contribution in [0, 0.1) is 0 Å². The number of benzene rings is 2. The molecule has 0 bridgehead atoms. The minimum absolute atomic E-state index is 0.221. The molecule has 3 aromatic rings. The molecule has 0 saturated heterocycles. The van der Waals surface area contributed by atoms with Gasteiger partial charge in [0, 0.05) is 24.0 Å². The van der Waals surface area contributed by atoms with Gasteiger partial charge in [-0.1, -0.05) is 6.07 Å². The molecule has 2 aromatic carbocycles. The van der Waals surface area contributed by atoms with Gasteiger partial charge in [0.25, 0.3) is 0 Å². The third-order valence-corrected chi connectivity index (χ3v) is 6.50. The summed E-state index contributed by atoms with van der Waals surface area (Å²) in [6.45, 7) is 1.49. The van der Waals surface area contributed by atoms with Crippen molar-refractivity contribution in [2.45, 2.75) is 25.8 Å². The number of carbonyl (C=O) groups is 1. The van der Waals surface area contributed by atoms with Crippen LogP contribution in [0.3, 0.4) is 0 Å². The number of methoxy groups -OCH3 is 2. The molecule has 0 aliphatic carbocycles. The molecule has 7 heteroatoms. The molecule has 30 heavy (non-hydrogen) atoms. The van der Waals surface area contributed by atoms with Crippen LogP contribution in [0.5, 0.6) is 11.5 Å². The van der Waals surface area contributed by atoms with E-state index in [0.29, 0.717) is 18.7 Å². The lowest BCUT2D eigenvalue weighted by Gasteiger charge is -2.25. The predicted octanol–water partition coefficient (Wildman–Crippen LogP) is 4.27. The SMILES string of the molecule is COc1ccc(CNc2nc(-c3cc4c5c(c3)CC(=O)N5CCC4)cs2)cc1OC. The number of aryl methyl sites for hydroxylation is 1. The van der Waals surface area contributed by atoms with Crippen LogP contribution >= 0.6 is 11.3 Å². The quantitative estimate of drug-likeness (QED) is 0.644. The lowest BCUT2D eigenvalue weighted by atomic mass is 9.96. The zero-order valence-corrected chi connectivity index (χ0v) is 17.8. The number of hydrogen-bond donors (Lipinski definition) is 1. The van der Waals surface area contributed by atoms with Crippen LogP contribution < -0.4 is 19.7 Å². The highest BCUT2D eigenvalue weighted by Gasteiger charge is 2.32. The molecule has 3 heterocycles. The zero-order valence-electron chi connectivity index (χ0n) is 17.0. The highest BCUT2D eigenvalue weighted by Crippen LogP contribution is 2.40. The van der Waals surface area contributed by atoms with Gasteiger partial charge in [0.05, 0.1) is 32.0 Å². The van der Waals surface area contributed by atoms with Crippen LogP contribution in [-0.2, 0) is 24.2 Å². The van der Waals surface area contributed by atoms with E-state index in [2.05, 4.69) is 22.8 Å². The maximum atomic E-state index is 12.3. The summed E-state index contributed by atoms with van der Waals surface area (Å²) in [5.74, 6) is 1.65. The number of hydrogen-bond acceptors (Lipinski definition) is 6. The highest BCUT2D eigenvalue weighted by atomic mass is 32.1. The Kier molecular flexibility index (Phi) is 4.83. The van der Waals surface area contributed by atoms with Gasteiger partial charge in [-0.3, -0.25) is 4.79 Å². The molecule has 0 fully saturated rings. The van der Waals surface area contributed by atoms with E-state index in [9.17, 15) is 4.79 Å². The van der Waals surface area contributed by atoms with Crippen molar-refractivity contribution in [3.8, 4) is 22.8 Å². The first kappa shape index (κ1) is 18.9. The maximum Gasteiger partial charge on any atom is 0.231 e. The van der Waals surface area contributed by atoms with Gasteiger partial charge in [0.1, 0.15) is 0 Å². The van der Waals surface area contributed by atoms with Crippen molar-refractivity contribution in [1.82, 2.24) is 4.98 Å². The summed E-state index contributed by atoms with van der Waals surface area (Å²) in [4.78, 5) is 19.0. The smallest absolute Gasteiger partial charge is 0.231 e. The summed E-state index contributed by atoms with van der Waals surface area (Å²) in [6.07, 6.45) is 2.55. The van der Waals surface area contributed by atoms with Crippen molar-refractivity contribution < 1.29 is 14.3 Å². The van der Waals surface area contributed by atoms with E-state index < -0.39 is 0 Å². The molecule has 154 valence electrons. The summed E-state index contributed by atoms with van der Waals surface area (Å²) >= 11 is 1.59. The Morgan fingerprint density at radius 2 is 1.97 bits per heavy atom. The summed E-state index contributed by atoms with van der Waals surface area (Å²) in [7, 11) is 3.27. The molecule has 0 saturated carbocycles. The number of anilines is 2. The Labute approximate surface area is 179 Å². The molecule has 0 unspecified atom stereocenters. The van der Waals surface area contributed by atoms with Gasteiger partial charge in [-0.15, -0.1) is 11.3 Å². The van der Waals surface area contributed by atoms with E-state index in [-0.39, 0.29) is 5.91 Å². The minimum atomic E-state index is 0.221. The predicted molar refractivity (Wildman–Crippen MR) is 119 cm³/mol. The largest absolute Gasteiger partial charge is 0.493 e. The molecule has 1 N–H and O–H groups in total. The number of thiazole rings is 1. The fraction of sp³-hybridized carbons (Fsp3) is 0.304. The lowest BCUT2D eigenvalue weighted by molar-refractivity contribution is -0.117. The van der Waals surface area contributed by atoms with Gasteiger partial charge < -0.3 is 19.7 Å². The van der Waals surface area contributed by atoms with Crippen molar-refractivity contribution >= 4 is 28.1 Å². The van der Waals surface area contributed by atoms with Gasteiger partial charge in [-0.25, -0.2) is 4.98 Å². The average Bonchev–Trinajstić information content (AvgIpc) is 3.38. The minimum Gasteiger partial charge on any atom is -0.493 e. The Bertz CT molecular complexity index is 1120. The second kappa shape index (κ2) is 7.65. The Morgan fingerprint density at radius 1 is 1.13 bits per heavy atom. The van der Waals surface area contributed by atoms with Gasteiger partial charge in [-0.2, -0.15) is 0 Å². The summed E-state index contributed by atoms with van der Waals surface area (Å²) in [5, 5.41) is 6.33. The number of carbonyl (C=O) groups excluding carboxylic acids is 1. The molecule has 2 aliphatic heterocycles. The normalized spacial score (nSPS) is 14.6. The molecule has 5 rings (SSSR count). The van der Waals surface area contributed by atoms with Crippen LogP contribution in [0.1, 0.15) is 23.1 Å². The van der Waals surface area contributed by atoms with Crippen LogP contribution in [0.15, 0.2) is 35.7 Å². The third kappa shape index (κ3) is 3.29. The van der Waals surface area contributed by atoms with E-state index in [4.69, 9.17) is 14.5 Å². The van der Waals surface area contributed by atoms with E-state index in [1.807, 2.05) is 23.1 Å². The van der Waals surface area contributed by atoms with Crippen molar-refractivity contribution in [3.63, 3.8) is 0 Å². The van der Waals surface area contributed by atoms with Gasteiger partial charge in [-0.05, 0) is 53.8 Å². The highest BCUT2D eigenvalue weighted by molar-refractivity contribution is 7.14. The van der Waals surface area contributed by atoms with Crippen molar-refractivity contribution in [2.24, 2.45) is 0 Å². The van der Waals surface area contributed by atoms with Gasteiger partial charge in [0.15, 0.2) is 16.6 Å². The molecule has 2 aliphatic rings. The van der Waals surface area contributed by atoms with Crippen LogP contribution in [0.25, 0.3) is 11.3 Å². The molecule has 1 amide bonds. The summed E-state index contributed by atoms with van der Waals surface area (Å²) in [5.41, 5.74) is 6.69. The van der Waals surface area contributed by atoms with Crippen LogP contribution in [0.2, 0.25) is 0 Å². The molecule has 0 spiro atoms. The summed E-state index contributed by atoms with van der Waals surface area (Å²) in [6, 6.07) is 10.2. The lowest BCUT2D eigenvalue weighted by Crippen LogP contribution is -2.31. The molecular formula is C23H23N3O3S. The number of nitrogens with zero attached hydrogens (tertiary/aromatic N) is 2. The van der Waals surface area contributed by atoms with Gasteiger partial charge in [0.2, 0.25) is 5.91 Å². The molecular weight excluding hydrogens is 398 g/mol. The fourth-order valence-electron chi connectivity index (χ4n) is 4.28. The molecule has 0 radical (unpaired) electrons. The van der Waals surface area contributed by atoms with E-state index in [0.717, 1.165) is 58.3 Å².